The van der Waals surface area contributed by atoms with E-state index in [0.29, 0.717) is 12.3 Å². The molecule has 5 heteroatoms. The summed E-state index contributed by atoms with van der Waals surface area (Å²) in [5.74, 6) is 0.776. The van der Waals surface area contributed by atoms with Crippen molar-refractivity contribution in [2.75, 3.05) is 6.61 Å². The summed E-state index contributed by atoms with van der Waals surface area (Å²) in [5.41, 5.74) is 2.74. The first-order valence-corrected chi connectivity index (χ1v) is 8.70. The number of carbonyl (C=O) groups is 1. The van der Waals surface area contributed by atoms with Crippen molar-refractivity contribution in [3.63, 3.8) is 0 Å². The molecule has 4 rings (SSSR count). The highest BCUT2D eigenvalue weighted by Crippen LogP contribution is 2.34. The number of benzene rings is 2. The van der Waals surface area contributed by atoms with Crippen molar-refractivity contribution in [2.45, 2.75) is 12.5 Å². The standard InChI is InChI=1S/C19H17BrN2O2/c1-22-16-5-3-2-4-12(16)10-17(22)19(23)21-15-8-9-24-18-7-6-13(20)11-14(15)18/h2-7,10-11,15H,8-9H2,1H3,(H,21,23). The molecule has 122 valence electrons. The number of fused-ring (bicyclic) bond motifs is 2. The van der Waals surface area contributed by atoms with E-state index < -0.39 is 0 Å². The quantitative estimate of drug-likeness (QED) is 0.719. The molecule has 1 N–H and O–H groups in total. The van der Waals surface area contributed by atoms with Crippen LogP contribution in [-0.4, -0.2) is 17.1 Å². The van der Waals surface area contributed by atoms with Gasteiger partial charge in [0.05, 0.1) is 12.6 Å². The maximum Gasteiger partial charge on any atom is 0.268 e. The number of hydrogen-bond acceptors (Lipinski definition) is 2. The third kappa shape index (κ3) is 2.59. The van der Waals surface area contributed by atoms with Gasteiger partial charge in [-0.3, -0.25) is 4.79 Å². The topological polar surface area (TPSA) is 43.3 Å². The summed E-state index contributed by atoms with van der Waals surface area (Å²) >= 11 is 3.49. The third-order valence-electron chi connectivity index (χ3n) is 4.50. The number of ether oxygens (including phenoxy) is 1. The first-order valence-electron chi connectivity index (χ1n) is 7.91. The normalized spacial score (nSPS) is 16.5. The summed E-state index contributed by atoms with van der Waals surface area (Å²) in [6, 6.07) is 15.8. The molecule has 1 aromatic heterocycles. The lowest BCUT2D eigenvalue weighted by Gasteiger charge is -2.27. The molecule has 1 aliphatic heterocycles. The fourth-order valence-electron chi connectivity index (χ4n) is 3.25. The Morgan fingerprint density at radius 1 is 1.25 bits per heavy atom. The van der Waals surface area contributed by atoms with Gasteiger partial charge in [0, 0.05) is 34.4 Å². The molecule has 0 aliphatic carbocycles. The van der Waals surface area contributed by atoms with E-state index in [1.807, 2.05) is 60.1 Å². The van der Waals surface area contributed by atoms with Gasteiger partial charge in [0.15, 0.2) is 0 Å². The van der Waals surface area contributed by atoms with Crippen molar-refractivity contribution in [3.8, 4) is 5.75 Å². The minimum Gasteiger partial charge on any atom is -0.493 e. The van der Waals surface area contributed by atoms with Gasteiger partial charge in [-0.1, -0.05) is 34.1 Å². The summed E-state index contributed by atoms with van der Waals surface area (Å²) in [5, 5.41) is 4.23. The van der Waals surface area contributed by atoms with Crippen LogP contribution in [0.3, 0.4) is 0 Å². The Labute approximate surface area is 148 Å². The zero-order valence-electron chi connectivity index (χ0n) is 13.3. The second-order valence-electron chi connectivity index (χ2n) is 5.99. The van der Waals surface area contributed by atoms with E-state index >= 15 is 0 Å². The van der Waals surface area contributed by atoms with Gasteiger partial charge in [-0.05, 0) is 30.3 Å². The maximum absolute atomic E-state index is 12.8. The highest BCUT2D eigenvalue weighted by molar-refractivity contribution is 9.10. The van der Waals surface area contributed by atoms with Crippen LogP contribution in [0.4, 0.5) is 0 Å². The van der Waals surface area contributed by atoms with Crippen LogP contribution in [0.2, 0.25) is 0 Å². The largest absolute Gasteiger partial charge is 0.493 e. The summed E-state index contributed by atoms with van der Waals surface area (Å²) in [6.07, 6.45) is 0.763. The van der Waals surface area contributed by atoms with Crippen LogP contribution in [-0.2, 0) is 7.05 Å². The van der Waals surface area contributed by atoms with Crippen LogP contribution in [0, 0.1) is 0 Å². The number of para-hydroxylation sites is 1. The van der Waals surface area contributed by atoms with Crippen LogP contribution in [0.25, 0.3) is 10.9 Å². The van der Waals surface area contributed by atoms with Crippen LogP contribution in [0.1, 0.15) is 28.5 Å². The number of aromatic nitrogens is 1. The van der Waals surface area contributed by atoms with E-state index in [-0.39, 0.29) is 11.9 Å². The molecule has 2 aromatic carbocycles. The lowest BCUT2D eigenvalue weighted by molar-refractivity contribution is 0.0917. The number of aryl methyl sites for hydroxylation is 1. The molecule has 0 bridgehead atoms. The Balaban J connectivity index is 1.65. The lowest BCUT2D eigenvalue weighted by Crippen LogP contribution is -2.33. The summed E-state index contributed by atoms with van der Waals surface area (Å²) in [4.78, 5) is 12.8. The van der Waals surface area contributed by atoms with Gasteiger partial charge >= 0.3 is 0 Å². The maximum atomic E-state index is 12.8. The molecule has 3 aromatic rings. The molecular weight excluding hydrogens is 368 g/mol. The monoisotopic (exact) mass is 384 g/mol. The molecule has 24 heavy (non-hydrogen) atoms. The second-order valence-corrected chi connectivity index (χ2v) is 6.91. The van der Waals surface area contributed by atoms with E-state index in [0.717, 1.165) is 33.1 Å². The molecule has 0 fully saturated rings. The highest BCUT2D eigenvalue weighted by atomic mass is 79.9. The minimum atomic E-state index is -0.0634. The number of carbonyl (C=O) groups excluding carboxylic acids is 1. The van der Waals surface area contributed by atoms with Gasteiger partial charge in [0.1, 0.15) is 11.4 Å². The Kier molecular flexibility index (Phi) is 3.81. The number of halogens is 1. The zero-order chi connectivity index (χ0) is 16.7. The predicted octanol–water partition coefficient (Wildman–Crippen LogP) is 4.19. The van der Waals surface area contributed by atoms with Crippen molar-refractivity contribution >= 4 is 32.7 Å². The first kappa shape index (κ1) is 15.3. The van der Waals surface area contributed by atoms with Gasteiger partial charge in [-0.25, -0.2) is 0 Å². The van der Waals surface area contributed by atoms with Gasteiger partial charge in [0.2, 0.25) is 0 Å². The molecule has 2 heterocycles. The van der Waals surface area contributed by atoms with Gasteiger partial charge in [0.25, 0.3) is 5.91 Å². The number of hydrogen-bond donors (Lipinski definition) is 1. The number of nitrogens with zero attached hydrogens (tertiary/aromatic N) is 1. The lowest BCUT2D eigenvalue weighted by atomic mass is 10.0. The Hall–Kier alpha value is -2.27. The van der Waals surface area contributed by atoms with E-state index in [1.165, 1.54) is 0 Å². The molecule has 0 saturated heterocycles. The van der Waals surface area contributed by atoms with E-state index in [9.17, 15) is 4.79 Å². The van der Waals surface area contributed by atoms with Crippen molar-refractivity contribution in [1.29, 1.82) is 0 Å². The summed E-state index contributed by atoms with van der Waals surface area (Å²) in [6.45, 7) is 0.606. The summed E-state index contributed by atoms with van der Waals surface area (Å²) < 4.78 is 8.61. The molecule has 0 spiro atoms. The summed E-state index contributed by atoms with van der Waals surface area (Å²) in [7, 11) is 1.92. The molecule has 4 nitrogen and oxygen atoms in total. The molecule has 1 amide bonds. The van der Waals surface area contributed by atoms with Crippen LogP contribution >= 0.6 is 15.9 Å². The molecule has 0 radical (unpaired) electrons. The Bertz CT molecular complexity index is 932. The minimum absolute atomic E-state index is 0.0447. The SMILES string of the molecule is Cn1c(C(=O)NC2CCOc3ccc(Br)cc32)cc2ccccc21. The van der Waals surface area contributed by atoms with Crippen LogP contribution in [0.15, 0.2) is 53.0 Å². The van der Waals surface area contributed by atoms with Gasteiger partial charge < -0.3 is 14.6 Å². The van der Waals surface area contributed by atoms with Crippen molar-refractivity contribution in [2.24, 2.45) is 7.05 Å². The van der Waals surface area contributed by atoms with E-state index in [1.54, 1.807) is 0 Å². The second kappa shape index (κ2) is 5.98. The fourth-order valence-corrected chi connectivity index (χ4v) is 3.63. The van der Waals surface area contributed by atoms with E-state index in [4.69, 9.17) is 4.74 Å². The van der Waals surface area contributed by atoms with Crippen molar-refractivity contribution < 1.29 is 9.53 Å². The first-order chi connectivity index (χ1) is 11.6. The van der Waals surface area contributed by atoms with Crippen molar-refractivity contribution in [3.05, 3.63) is 64.3 Å². The van der Waals surface area contributed by atoms with Crippen LogP contribution < -0.4 is 10.1 Å². The molecule has 1 unspecified atom stereocenters. The third-order valence-corrected chi connectivity index (χ3v) is 4.99. The number of nitrogens with one attached hydrogen (secondary N) is 1. The highest BCUT2D eigenvalue weighted by Gasteiger charge is 2.25. The van der Waals surface area contributed by atoms with Crippen LogP contribution in [0.5, 0.6) is 5.75 Å². The molecular formula is C19H17BrN2O2. The number of rotatable bonds is 2. The van der Waals surface area contributed by atoms with Gasteiger partial charge in [-0.15, -0.1) is 0 Å². The predicted molar refractivity (Wildman–Crippen MR) is 97.4 cm³/mol. The zero-order valence-corrected chi connectivity index (χ0v) is 14.8. The Morgan fingerprint density at radius 2 is 2.08 bits per heavy atom. The molecule has 1 aliphatic rings. The average Bonchev–Trinajstić information content (AvgIpc) is 2.93. The van der Waals surface area contributed by atoms with E-state index in [2.05, 4.69) is 21.2 Å². The molecule has 1 atom stereocenters. The smallest absolute Gasteiger partial charge is 0.268 e. The average molecular weight is 385 g/mol. The fraction of sp³-hybridized carbons (Fsp3) is 0.211. The van der Waals surface area contributed by atoms with Gasteiger partial charge in [-0.2, -0.15) is 0 Å². The Morgan fingerprint density at radius 3 is 2.92 bits per heavy atom. The number of amides is 1. The van der Waals surface area contributed by atoms with Crippen molar-refractivity contribution in [1.82, 2.24) is 9.88 Å². The molecule has 0 saturated carbocycles.